The minimum Gasteiger partial charge on any atom is -0.478 e. The molecule has 1 aromatic rings. The minimum atomic E-state index is -1.06. The number of hydrogen-bond donors (Lipinski definition) is 2. The van der Waals surface area contributed by atoms with Crippen molar-refractivity contribution in [1.82, 2.24) is 0 Å². The Hall–Kier alpha value is -2.24. The summed E-state index contributed by atoms with van der Waals surface area (Å²) in [6.45, 7) is 1.33. The molecule has 0 aliphatic carbocycles. The number of hydrogen-bond acceptors (Lipinski definition) is 4. The molecule has 0 aromatic heterocycles. The average Bonchev–Trinajstić information content (AvgIpc) is 2.90. The van der Waals surface area contributed by atoms with Crippen LogP contribution in [0.1, 0.15) is 23.2 Å². The molecule has 1 aromatic carbocycles. The summed E-state index contributed by atoms with van der Waals surface area (Å²) in [5.74, 6) is -1.06. The van der Waals surface area contributed by atoms with Crippen LogP contribution in [0.15, 0.2) is 23.3 Å². The molecule has 1 fully saturated rings. The van der Waals surface area contributed by atoms with Crippen LogP contribution in [-0.2, 0) is 4.74 Å². The Morgan fingerprint density at radius 1 is 1.63 bits per heavy atom. The summed E-state index contributed by atoms with van der Waals surface area (Å²) in [5, 5.41) is 15.6. The van der Waals surface area contributed by atoms with Crippen LogP contribution in [0.4, 0.5) is 11.4 Å². The van der Waals surface area contributed by atoms with Crippen molar-refractivity contribution >= 4 is 17.3 Å². The molecule has 1 aliphatic rings. The topological polar surface area (TPSA) is 107 Å². The zero-order valence-electron chi connectivity index (χ0n) is 10.2. The fraction of sp³-hybridized carbons (Fsp3) is 0.417. The van der Waals surface area contributed by atoms with Gasteiger partial charge < -0.3 is 15.2 Å². The van der Waals surface area contributed by atoms with Gasteiger partial charge in [-0.1, -0.05) is 11.2 Å². The molecule has 1 aliphatic heterocycles. The molecule has 0 radical (unpaired) electrons. The molecule has 0 bridgehead atoms. The smallest absolute Gasteiger partial charge is 0.337 e. The number of benzene rings is 1. The number of aromatic carboxylic acids is 1. The normalized spacial score (nSPS) is 17.8. The molecule has 2 N–H and O–H groups in total. The fourth-order valence-corrected chi connectivity index (χ4v) is 2.01. The molecule has 0 saturated carbocycles. The maximum atomic E-state index is 11.2. The van der Waals surface area contributed by atoms with E-state index in [-0.39, 0.29) is 17.4 Å². The number of carboxylic acid groups (broad SMARTS) is 1. The molecule has 7 heteroatoms. The lowest BCUT2D eigenvalue weighted by Gasteiger charge is -2.14. The van der Waals surface area contributed by atoms with Crippen molar-refractivity contribution in [2.24, 2.45) is 5.11 Å². The predicted molar refractivity (Wildman–Crippen MR) is 69.7 cm³/mol. The Morgan fingerprint density at radius 2 is 2.47 bits per heavy atom. The quantitative estimate of drug-likeness (QED) is 0.483. The van der Waals surface area contributed by atoms with Gasteiger partial charge in [-0.15, -0.1) is 0 Å². The summed E-state index contributed by atoms with van der Waals surface area (Å²) in [6.07, 6.45) is 2.14. The van der Waals surface area contributed by atoms with Crippen molar-refractivity contribution in [2.75, 3.05) is 18.5 Å². The lowest BCUT2D eigenvalue weighted by Crippen LogP contribution is -2.19. The summed E-state index contributed by atoms with van der Waals surface area (Å²) in [4.78, 5) is 13.8. The SMILES string of the molecule is [N-]=[N+]=Nc1ccc(NCC2CCCO2)c(C(=O)O)c1. The lowest BCUT2D eigenvalue weighted by atomic mass is 10.1. The highest BCUT2D eigenvalue weighted by Gasteiger charge is 2.17. The Kier molecular flexibility index (Phi) is 4.22. The molecule has 1 unspecified atom stereocenters. The number of nitrogens with zero attached hydrogens (tertiary/aromatic N) is 3. The molecule has 0 amide bonds. The van der Waals surface area contributed by atoms with E-state index in [0.717, 1.165) is 19.4 Å². The Morgan fingerprint density at radius 3 is 3.11 bits per heavy atom. The highest BCUT2D eigenvalue weighted by atomic mass is 16.5. The van der Waals surface area contributed by atoms with Crippen LogP contribution in [0.5, 0.6) is 0 Å². The summed E-state index contributed by atoms with van der Waals surface area (Å²) >= 11 is 0. The van der Waals surface area contributed by atoms with Crippen molar-refractivity contribution in [3.8, 4) is 0 Å². The average molecular weight is 262 g/mol. The Labute approximate surface area is 109 Å². The molecule has 19 heavy (non-hydrogen) atoms. The first-order valence-corrected chi connectivity index (χ1v) is 5.98. The van der Waals surface area contributed by atoms with Gasteiger partial charge in [0.15, 0.2) is 0 Å². The van der Waals surface area contributed by atoms with Crippen molar-refractivity contribution < 1.29 is 14.6 Å². The van der Waals surface area contributed by atoms with Crippen LogP contribution in [0.3, 0.4) is 0 Å². The molecule has 1 saturated heterocycles. The fourth-order valence-electron chi connectivity index (χ4n) is 2.01. The van der Waals surface area contributed by atoms with Crippen LogP contribution >= 0.6 is 0 Å². The van der Waals surface area contributed by atoms with Gasteiger partial charge in [0, 0.05) is 29.4 Å². The van der Waals surface area contributed by atoms with E-state index >= 15 is 0 Å². The second kappa shape index (κ2) is 6.08. The van der Waals surface area contributed by atoms with Gasteiger partial charge in [-0.05, 0) is 30.5 Å². The van der Waals surface area contributed by atoms with E-state index in [1.807, 2.05) is 0 Å². The highest BCUT2D eigenvalue weighted by Crippen LogP contribution is 2.23. The van der Waals surface area contributed by atoms with Crippen LogP contribution in [0, 0.1) is 0 Å². The number of rotatable bonds is 5. The van der Waals surface area contributed by atoms with Gasteiger partial charge in [-0.25, -0.2) is 4.79 Å². The molecule has 7 nitrogen and oxygen atoms in total. The summed E-state index contributed by atoms with van der Waals surface area (Å²) in [5.41, 5.74) is 9.21. The van der Waals surface area contributed by atoms with E-state index in [9.17, 15) is 4.79 Å². The molecule has 100 valence electrons. The summed E-state index contributed by atoms with van der Waals surface area (Å²) in [6, 6.07) is 4.52. The number of carbonyl (C=O) groups is 1. The van der Waals surface area contributed by atoms with Gasteiger partial charge in [-0.3, -0.25) is 0 Å². The third-order valence-corrected chi connectivity index (χ3v) is 2.94. The zero-order chi connectivity index (χ0) is 13.7. The maximum absolute atomic E-state index is 11.2. The third kappa shape index (κ3) is 3.37. The monoisotopic (exact) mass is 262 g/mol. The van der Waals surface area contributed by atoms with Gasteiger partial charge in [0.25, 0.3) is 0 Å². The zero-order valence-corrected chi connectivity index (χ0v) is 10.2. The molecule has 1 heterocycles. The molecular weight excluding hydrogens is 248 g/mol. The summed E-state index contributed by atoms with van der Waals surface area (Å²) in [7, 11) is 0. The van der Waals surface area contributed by atoms with Crippen molar-refractivity contribution in [2.45, 2.75) is 18.9 Å². The molecule has 1 atom stereocenters. The second-order valence-electron chi connectivity index (χ2n) is 4.24. The lowest BCUT2D eigenvalue weighted by molar-refractivity contribution is 0.0697. The largest absolute Gasteiger partial charge is 0.478 e. The number of ether oxygens (including phenoxy) is 1. The van der Waals surface area contributed by atoms with Crippen LogP contribution < -0.4 is 5.32 Å². The maximum Gasteiger partial charge on any atom is 0.337 e. The number of anilines is 1. The predicted octanol–water partition coefficient (Wildman–Crippen LogP) is 2.92. The van der Waals surface area contributed by atoms with E-state index < -0.39 is 5.97 Å². The van der Waals surface area contributed by atoms with Crippen molar-refractivity contribution in [3.63, 3.8) is 0 Å². The number of nitrogens with one attached hydrogen (secondary N) is 1. The Bertz CT molecular complexity index is 520. The van der Waals surface area contributed by atoms with Crippen molar-refractivity contribution in [3.05, 3.63) is 34.2 Å². The second-order valence-corrected chi connectivity index (χ2v) is 4.24. The first-order valence-electron chi connectivity index (χ1n) is 5.98. The first-order chi connectivity index (χ1) is 9.20. The van der Waals surface area contributed by atoms with E-state index in [0.29, 0.717) is 12.2 Å². The van der Waals surface area contributed by atoms with Crippen LogP contribution in [0.2, 0.25) is 0 Å². The van der Waals surface area contributed by atoms with Gasteiger partial charge in [0.2, 0.25) is 0 Å². The van der Waals surface area contributed by atoms with Gasteiger partial charge in [-0.2, -0.15) is 0 Å². The summed E-state index contributed by atoms with van der Waals surface area (Å²) < 4.78 is 5.46. The number of carboxylic acids is 1. The third-order valence-electron chi connectivity index (χ3n) is 2.94. The molecule has 2 rings (SSSR count). The van der Waals surface area contributed by atoms with Crippen LogP contribution in [0.25, 0.3) is 10.4 Å². The minimum absolute atomic E-state index is 0.0860. The Balaban J connectivity index is 2.13. The van der Waals surface area contributed by atoms with E-state index in [4.69, 9.17) is 15.4 Å². The van der Waals surface area contributed by atoms with E-state index in [2.05, 4.69) is 15.3 Å². The first kappa shape index (κ1) is 13.2. The van der Waals surface area contributed by atoms with Gasteiger partial charge in [0.1, 0.15) is 0 Å². The van der Waals surface area contributed by atoms with E-state index in [1.165, 1.54) is 6.07 Å². The molecule has 0 spiro atoms. The molecular formula is C12H14N4O3. The highest BCUT2D eigenvalue weighted by molar-refractivity contribution is 5.95. The van der Waals surface area contributed by atoms with Gasteiger partial charge >= 0.3 is 5.97 Å². The van der Waals surface area contributed by atoms with Crippen molar-refractivity contribution in [1.29, 1.82) is 0 Å². The van der Waals surface area contributed by atoms with Gasteiger partial charge in [0.05, 0.1) is 11.7 Å². The standard InChI is InChI=1S/C12H14N4O3/c13-16-15-8-3-4-11(10(6-8)12(17)18)14-7-9-2-1-5-19-9/h3-4,6,9,14H,1-2,5,7H2,(H,17,18). The van der Waals surface area contributed by atoms with Crippen LogP contribution in [-0.4, -0.2) is 30.3 Å². The van der Waals surface area contributed by atoms with E-state index in [1.54, 1.807) is 12.1 Å². The number of azide groups is 1.